The molecule has 2 atom stereocenters. The van der Waals surface area contributed by atoms with Gasteiger partial charge in [-0.25, -0.2) is 0 Å². The molecule has 21 heavy (non-hydrogen) atoms. The molecule has 1 saturated heterocycles. The van der Waals surface area contributed by atoms with Gasteiger partial charge in [0.1, 0.15) is 0 Å². The Morgan fingerprint density at radius 2 is 1.95 bits per heavy atom. The lowest BCUT2D eigenvalue weighted by molar-refractivity contribution is -0.136. The summed E-state index contributed by atoms with van der Waals surface area (Å²) in [6.07, 6.45) is -3.67. The maximum atomic E-state index is 12.3. The summed E-state index contributed by atoms with van der Waals surface area (Å²) >= 11 is 0. The van der Waals surface area contributed by atoms with Gasteiger partial charge in [0.2, 0.25) is 0 Å². The fourth-order valence-corrected chi connectivity index (χ4v) is 2.88. The van der Waals surface area contributed by atoms with Crippen molar-refractivity contribution in [2.45, 2.75) is 44.4 Å². The van der Waals surface area contributed by atoms with Crippen molar-refractivity contribution in [1.29, 1.82) is 0 Å². The van der Waals surface area contributed by atoms with Crippen molar-refractivity contribution >= 4 is 0 Å². The van der Waals surface area contributed by atoms with E-state index >= 15 is 0 Å². The van der Waals surface area contributed by atoms with Gasteiger partial charge in [0.25, 0.3) is 0 Å². The summed E-state index contributed by atoms with van der Waals surface area (Å²) in [5.41, 5.74) is 1.24. The van der Waals surface area contributed by atoms with Crippen molar-refractivity contribution in [2.75, 3.05) is 19.6 Å². The molecule has 1 aliphatic rings. The number of hydrogen-bond acceptors (Lipinski definition) is 2. The molecule has 0 aliphatic carbocycles. The molecular weight excluding hydrogens is 277 g/mol. The zero-order chi connectivity index (χ0) is 15.3. The third kappa shape index (κ3) is 5.67. The predicted octanol–water partition coefficient (Wildman–Crippen LogP) is 3.23. The van der Waals surface area contributed by atoms with Crippen molar-refractivity contribution in [3.8, 4) is 0 Å². The van der Waals surface area contributed by atoms with E-state index in [1.807, 2.05) is 18.2 Å². The number of alkyl halides is 3. The molecule has 118 valence electrons. The highest BCUT2D eigenvalue weighted by atomic mass is 19.4. The molecule has 0 radical (unpaired) electrons. The Morgan fingerprint density at radius 1 is 1.24 bits per heavy atom. The zero-order valence-electron chi connectivity index (χ0n) is 12.4. The molecule has 1 fully saturated rings. The second kappa shape index (κ2) is 7.27. The molecule has 0 aromatic heterocycles. The standard InChI is InChI=1S/C16H23F3N2/c1-13-12-21(9-5-8-16(17,18)19)15(11-20-13)10-14-6-3-2-4-7-14/h2-4,6-7,13,15,20H,5,8-12H2,1H3. The Balaban J connectivity index is 1.90. The molecule has 1 aliphatic heterocycles. The van der Waals surface area contributed by atoms with Gasteiger partial charge in [0.05, 0.1) is 0 Å². The van der Waals surface area contributed by atoms with E-state index in [-0.39, 0.29) is 12.5 Å². The van der Waals surface area contributed by atoms with Gasteiger partial charge in [-0.1, -0.05) is 30.3 Å². The average Bonchev–Trinajstić information content (AvgIpc) is 2.41. The SMILES string of the molecule is CC1CN(CCCC(F)(F)F)C(Cc2ccccc2)CN1. The number of benzene rings is 1. The first-order valence-corrected chi connectivity index (χ1v) is 7.52. The second-order valence-corrected chi connectivity index (χ2v) is 5.87. The molecule has 2 nitrogen and oxygen atoms in total. The second-order valence-electron chi connectivity index (χ2n) is 5.87. The zero-order valence-corrected chi connectivity index (χ0v) is 12.4. The summed E-state index contributed by atoms with van der Waals surface area (Å²) in [4.78, 5) is 2.21. The summed E-state index contributed by atoms with van der Waals surface area (Å²) in [6, 6.07) is 10.7. The molecule has 1 aromatic rings. The van der Waals surface area contributed by atoms with Crippen LogP contribution in [0.15, 0.2) is 30.3 Å². The van der Waals surface area contributed by atoms with Crippen LogP contribution in [0.2, 0.25) is 0 Å². The van der Waals surface area contributed by atoms with E-state index in [2.05, 4.69) is 29.3 Å². The summed E-state index contributed by atoms with van der Waals surface area (Å²) in [5.74, 6) is 0. The van der Waals surface area contributed by atoms with Crippen LogP contribution in [0.25, 0.3) is 0 Å². The van der Waals surface area contributed by atoms with Crippen molar-refractivity contribution < 1.29 is 13.2 Å². The fourth-order valence-electron chi connectivity index (χ4n) is 2.88. The van der Waals surface area contributed by atoms with Crippen molar-refractivity contribution in [1.82, 2.24) is 10.2 Å². The van der Waals surface area contributed by atoms with E-state index in [0.717, 1.165) is 19.5 Å². The summed E-state index contributed by atoms with van der Waals surface area (Å²) in [7, 11) is 0. The predicted molar refractivity (Wildman–Crippen MR) is 78.3 cm³/mol. The van der Waals surface area contributed by atoms with Gasteiger partial charge in [-0.15, -0.1) is 0 Å². The number of hydrogen-bond donors (Lipinski definition) is 1. The smallest absolute Gasteiger partial charge is 0.311 e. The first-order valence-electron chi connectivity index (χ1n) is 7.52. The van der Waals surface area contributed by atoms with Crippen molar-refractivity contribution in [3.63, 3.8) is 0 Å². The number of nitrogens with zero attached hydrogens (tertiary/aromatic N) is 1. The minimum absolute atomic E-state index is 0.182. The Hall–Kier alpha value is -1.07. The molecule has 0 saturated carbocycles. The molecule has 1 N–H and O–H groups in total. The fraction of sp³-hybridized carbons (Fsp3) is 0.625. The molecule has 0 bridgehead atoms. The van der Waals surface area contributed by atoms with E-state index < -0.39 is 12.6 Å². The lowest BCUT2D eigenvalue weighted by Crippen LogP contribution is -2.56. The van der Waals surface area contributed by atoms with E-state index in [1.54, 1.807) is 0 Å². The molecule has 1 aromatic carbocycles. The van der Waals surface area contributed by atoms with Crippen LogP contribution in [0.3, 0.4) is 0 Å². The normalized spacial score (nSPS) is 24.2. The Bertz CT molecular complexity index is 419. The summed E-state index contributed by atoms with van der Waals surface area (Å²) < 4.78 is 36.9. The largest absolute Gasteiger partial charge is 0.389 e. The van der Waals surface area contributed by atoms with Crippen LogP contribution >= 0.6 is 0 Å². The minimum Gasteiger partial charge on any atom is -0.311 e. The summed E-state index contributed by atoms with van der Waals surface area (Å²) in [6.45, 7) is 4.25. The average molecular weight is 300 g/mol. The maximum absolute atomic E-state index is 12.3. The van der Waals surface area contributed by atoms with Crippen LogP contribution in [0.1, 0.15) is 25.3 Å². The number of nitrogens with one attached hydrogen (secondary N) is 1. The van der Waals surface area contributed by atoms with Gasteiger partial charge in [0.15, 0.2) is 0 Å². The molecule has 2 unspecified atom stereocenters. The lowest BCUT2D eigenvalue weighted by Gasteiger charge is -2.39. The third-order valence-corrected chi connectivity index (χ3v) is 3.95. The maximum Gasteiger partial charge on any atom is 0.389 e. The van der Waals surface area contributed by atoms with Gasteiger partial charge in [-0.3, -0.25) is 4.90 Å². The van der Waals surface area contributed by atoms with Gasteiger partial charge < -0.3 is 5.32 Å². The van der Waals surface area contributed by atoms with Gasteiger partial charge in [-0.2, -0.15) is 13.2 Å². The first kappa shape index (κ1) is 16.3. The molecule has 2 rings (SSSR count). The Kier molecular flexibility index (Phi) is 5.65. The van der Waals surface area contributed by atoms with Gasteiger partial charge >= 0.3 is 6.18 Å². The van der Waals surface area contributed by atoms with E-state index in [0.29, 0.717) is 12.6 Å². The molecule has 0 spiro atoms. The van der Waals surface area contributed by atoms with Gasteiger partial charge in [-0.05, 0) is 31.9 Å². The monoisotopic (exact) mass is 300 g/mol. The minimum atomic E-state index is -4.05. The Labute approximate surface area is 124 Å². The van der Waals surface area contributed by atoms with Crippen molar-refractivity contribution in [2.24, 2.45) is 0 Å². The first-order chi connectivity index (χ1) is 9.94. The van der Waals surface area contributed by atoms with E-state index in [4.69, 9.17) is 0 Å². The molecule has 0 amide bonds. The molecule has 1 heterocycles. The van der Waals surface area contributed by atoms with Gasteiger partial charge in [0, 0.05) is 31.6 Å². The van der Waals surface area contributed by atoms with Crippen LogP contribution < -0.4 is 5.32 Å². The number of halogens is 3. The highest BCUT2D eigenvalue weighted by molar-refractivity contribution is 5.16. The van der Waals surface area contributed by atoms with Crippen molar-refractivity contribution in [3.05, 3.63) is 35.9 Å². The number of rotatable bonds is 5. The number of piperazine rings is 1. The van der Waals surface area contributed by atoms with E-state index in [9.17, 15) is 13.2 Å². The van der Waals surface area contributed by atoms with E-state index in [1.165, 1.54) is 5.56 Å². The lowest BCUT2D eigenvalue weighted by atomic mass is 10.0. The topological polar surface area (TPSA) is 15.3 Å². The Morgan fingerprint density at radius 3 is 2.62 bits per heavy atom. The highest BCUT2D eigenvalue weighted by Gasteiger charge is 2.29. The van der Waals surface area contributed by atoms with Crippen LogP contribution in [-0.2, 0) is 6.42 Å². The highest BCUT2D eigenvalue weighted by Crippen LogP contribution is 2.22. The summed E-state index contributed by atoms with van der Waals surface area (Å²) in [5, 5.41) is 3.43. The van der Waals surface area contributed by atoms with Crippen LogP contribution in [-0.4, -0.2) is 42.8 Å². The van der Waals surface area contributed by atoms with Crippen LogP contribution in [0.5, 0.6) is 0 Å². The molecular formula is C16H23F3N2. The van der Waals surface area contributed by atoms with Crippen LogP contribution in [0.4, 0.5) is 13.2 Å². The quantitative estimate of drug-likeness (QED) is 0.898. The molecule has 5 heteroatoms. The third-order valence-electron chi connectivity index (χ3n) is 3.95. The van der Waals surface area contributed by atoms with Crippen LogP contribution in [0, 0.1) is 0 Å².